The SMILES string of the molecule is CC(C)CCN1C(CC#N)CN(C)CC1(C)C. The van der Waals surface area contributed by atoms with Crippen molar-refractivity contribution in [2.24, 2.45) is 5.92 Å². The molecule has 3 nitrogen and oxygen atoms in total. The van der Waals surface area contributed by atoms with Gasteiger partial charge in [0.05, 0.1) is 12.5 Å². The number of hydrogen-bond acceptors (Lipinski definition) is 3. The van der Waals surface area contributed by atoms with Gasteiger partial charge in [0.15, 0.2) is 0 Å². The van der Waals surface area contributed by atoms with E-state index in [1.54, 1.807) is 0 Å². The molecule has 1 unspecified atom stereocenters. The summed E-state index contributed by atoms with van der Waals surface area (Å²) in [6.07, 6.45) is 1.86. The van der Waals surface area contributed by atoms with Crippen LogP contribution in [0.3, 0.4) is 0 Å². The van der Waals surface area contributed by atoms with Crippen LogP contribution in [-0.4, -0.2) is 48.1 Å². The van der Waals surface area contributed by atoms with Gasteiger partial charge in [0.2, 0.25) is 0 Å². The third-order valence-corrected chi connectivity index (χ3v) is 3.67. The summed E-state index contributed by atoms with van der Waals surface area (Å²) in [5.41, 5.74) is 0.184. The lowest BCUT2D eigenvalue weighted by Crippen LogP contribution is -2.63. The van der Waals surface area contributed by atoms with E-state index >= 15 is 0 Å². The Morgan fingerprint density at radius 1 is 1.41 bits per heavy atom. The van der Waals surface area contributed by atoms with Gasteiger partial charge in [-0.1, -0.05) is 13.8 Å². The minimum Gasteiger partial charge on any atom is -0.303 e. The Hall–Kier alpha value is -0.590. The number of piperazine rings is 1. The van der Waals surface area contributed by atoms with Crippen molar-refractivity contribution in [3.8, 4) is 6.07 Å². The molecule has 1 aliphatic heterocycles. The number of nitrogens with zero attached hydrogens (tertiary/aromatic N) is 3. The van der Waals surface area contributed by atoms with Crippen molar-refractivity contribution in [2.75, 3.05) is 26.7 Å². The fraction of sp³-hybridized carbons (Fsp3) is 0.929. The van der Waals surface area contributed by atoms with Gasteiger partial charge in [-0.25, -0.2) is 0 Å². The van der Waals surface area contributed by atoms with Crippen LogP contribution in [0.4, 0.5) is 0 Å². The molecule has 1 rings (SSSR count). The highest BCUT2D eigenvalue weighted by Gasteiger charge is 2.38. The van der Waals surface area contributed by atoms with Gasteiger partial charge in [0.25, 0.3) is 0 Å². The van der Waals surface area contributed by atoms with Gasteiger partial charge in [-0.15, -0.1) is 0 Å². The normalized spacial score (nSPS) is 26.1. The van der Waals surface area contributed by atoms with Gasteiger partial charge in [-0.3, -0.25) is 4.90 Å². The number of likely N-dealkylation sites (N-methyl/N-ethyl adjacent to an activating group) is 1. The molecular formula is C14H27N3. The molecule has 0 radical (unpaired) electrons. The largest absolute Gasteiger partial charge is 0.303 e. The Balaban J connectivity index is 2.73. The Morgan fingerprint density at radius 3 is 2.59 bits per heavy atom. The molecule has 0 aromatic rings. The molecule has 1 aliphatic rings. The molecule has 0 aromatic heterocycles. The monoisotopic (exact) mass is 237 g/mol. The molecule has 0 spiro atoms. The van der Waals surface area contributed by atoms with Crippen LogP contribution < -0.4 is 0 Å². The number of rotatable bonds is 4. The van der Waals surface area contributed by atoms with Crippen LogP contribution in [0, 0.1) is 17.2 Å². The van der Waals surface area contributed by atoms with Crippen LogP contribution in [-0.2, 0) is 0 Å². The lowest BCUT2D eigenvalue weighted by Gasteiger charge is -2.51. The average molecular weight is 237 g/mol. The molecule has 1 atom stereocenters. The molecule has 0 saturated carbocycles. The third-order valence-electron chi connectivity index (χ3n) is 3.67. The van der Waals surface area contributed by atoms with E-state index < -0.39 is 0 Å². The van der Waals surface area contributed by atoms with Crippen LogP contribution in [0.5, 0.6) is 0 Å². The molecule has 0 bridgehead atoms. The summed E-state index contributed by atoms with van der Waals surface area (Å²) in [5, 5.41) is 8.97. The highest BCUT2D eigenvalue weighted by atomic mass is 15.3. The zero-order valence-corrected chi connectivity index (χ0v) is 12.0. The molecular weight excluding hydrogens is 210 g/mol. The Bertz CT molecular complexity index is 278. The van der Waals surface area contributed by atoms with Crippen molar-refractivity contribution in [3.63, 3.8) is 0 Å². The predicted molar refractivity (Wildman–Crippen MR) is 71.8 cm³/mol. The second kappa shape index (κ2) is 5.84. The second-order valence-electron chi connectivity index (χ2n) is 6.40. The van der Waals surface area contributed by atoms with Gasteiger partial charge >= 0.3 is 0 Å². The minimum absolute atomic E-state index is 0.184. The van der Waals surface area contributed by atoms with E-state index in [0.29, 0.717) is 12.5 Å². The highest BCUT2D eigenvalue weighted by Crippen LogP contribution is 2.26. The van der Waals surface area contributed by atoms with Crippen LogP contribution in [0.2, 0.25) is 0 Å². The van der Waals surface area contributed by atoms with Crippen LogP contribution in [0.1, 0.15) is 40.5 Å². The second-order valence-corrected chi connectivity index (χ2v) is 6.40. The van der Waals surface area contributed by atoms with Gasteiger partial charge < -0.3 is 4.90 Å². The lowest BCUT2D eigenvalue weighted by atomic mass is 9.92. The van der Waals surface area contributed by atoms with Crippen molar-refractivity contribution in [3.05, 3.63) is 0 Å². The summed E-state index contributed by atoms with van der Waals surface area (Å²) in [4.78, 5) is 4.91. The molecule has 1 saturated heterocycles. The zero-order valence-electron chi connectivity index (χ0n) is 12.0. The predicted octanol–water partition coefficient (Wildman–Crippen LogP) is 2.34. The Labute approximate surface area is 106 Å². The summed E-state index contributed by atoms with van der Waals surface area (Å²) >= 11 is 0. The Kier molecular flexibility index (Phi) is 4.97. The molecule has 98 valence electrons. The average Bonchev–Trinajstić information content (AvgIpc) is 2.14. The van der Waals surface area contributed by atoms with E-state index in [0.717, 1.165) is 25.6 Å². The van der Waals surface area contributed by atoms with Gasteiger partial charge in [0.1, 0.15) is 0 Å². The maximum Gasteiger partial charge on any atom is 0.0638 e. The van der Waals surface area contributed by atoms with Crippen molar-refractivity contribution >= 4 is 0 Å². The zero-order chi connectivity index (χ0) is 13.1. The molecule has 0 aliphatic carbocycles. The van der Waals surface area contributed by atoms with Crippen molar-refractivity contribution < 1.29 is 0 Å². The quantitative estimate of drug-likeness (QED) is 0.752. The standard InChI is InChI=1S/C14H27N3/c1-12(2)7-9-17-13(6-8-15)10-16(5)11-14(17,3)4/h12-13H,6-7,9-11H2,1-5H3. The third kappa shape index (κ3) is 3.97. The maximum absolute atomic E-state index is 8.97. The van der Waals surface area contributed by atoms with E-state index in [9.17, 15) is 0 Å². The van der Waals surface area contributed by atoms with E-state index in [2.05, 4.69) is 50.6 Å². The first-order chi connectivity index (χ1) is 7.86. The first-order valence-electron chi connectivity index (χ1n) is 6.69. The molecule has 0 amide bonds. The van der Waals surface area contributed by atoms with Crippen molar-refractivity contribution in [1.29, 1.82) is 5.26 Å². The lowest BCUT2D eigenvalue weighted by molar-refractivity contribution is -0.0165. The van der Waals surface area contributed by atoms with Gasteiger partial charge in [0, 0.05) is 24.7 Å². The van der Waals surface area contributed by atoms with Crippen molar-refractivity contribution in [2.45, 2.75) is 52.1 Å². The van der Waals surface area contributed by atoms with E-state index in [1.165, 1.54) is 6.42 Å². The van der Waals surface area contributed by atoms with Crippen LogP contribution >= 0.6 is 0 Å². The maximum atomic E-state index is 8.97. The molecule has 1 heterocycles. The summed E-state index contributed by atoms with van der Waals surface area (Å²) in [6, 6.07) is 2.74. The first-order valence-corrected chi connectivity index (χ1v) is 6.69. The van der Waals surface area contributed by atoms with E-state index in [-0.39, 0.29) is 5.54 Å². The van der Waals surface area contributed by atoms with E-state index in [1.807, 2.05) is 0 Å². The minimum atomic E-state index is 0.184. The summed E-state index contributed by atoms with van der Waals surface area (Å²) in [5.74, 6) is 0.730. The van der Waals surface area contributed by atoms with Gasteiger partial charge in [-0.05, 0) is 39.8 Å². The van der Waals surface area contributed by atoms with Crippen molar-refractivity contribution in [1.82, 2.24) is 9.80 Å². The summed E-state index contributed by atoms with van der Waals surface area (Å²) in [7, 11) is 2.16. The summed E-state index contributed by atoms with van der Waals surface area (Å²) < 4.78 is 0. The number of nitriles is 1. The summed E-state index contributed by atoms with van der Waals surface area (Å²) in [6.45, 7) is 12.4. The number of hydrogen-bond donors (Lipinski definition) is 0. The van der Waals surface area contributed by atoms with E-state index in [4.69, 9.17) is 5.26 Å². The fourth-order valence-electron chi connectivity index (χ4n) is 2.93. The molecule has 1 fully saturated rings. The fourth-order valence-corrected chi connectivity index (χ4v) is 2.93. The smallest absolute Gasteiger partial charge is 0.0638 e. The molecule has 17 heavy (non-hydrogen) atoms. The molecule has 0 N–H and O–H groups in total. The van der Waals surface area contributed by atoms with Crippen LogP contribution in [0.25, 0.3) is 0 Å². The van der Waals surface area contributed by atoms with Crippen LogP contribution in [0.15, 0.2) is 0 Å². The molecule has 0 aromatic carbocycles. The van der Waals surface area contributed by atoms with Gasteiger partial charge in [-0.2, -0.15) is 5.26 Å². The molecule has 3 heteroatoms. The first kappa shape index (κ1) is 14.5. The Morgan fingerprint density at radius 2 is 2.06 bits per heavy atom. The topological polar surface area (TPSA) is 30.3 Å². The highest BCUT2D eigenvalue weighted by molar-refractivity contribution is 4.97.